The number of pyridine rings is 2. The van der Waals surface area contributed by atoms with Crippen LogP contribution in [-0.4, -0.2) is 32.3 Å². The van der Waals surface area contributed by atoms with Crippen LogP contribution in [0.25, 0.3) is 11.3 Å². The van der Waals surface area contributed by atoms with Crippen molar-refractivity contribution < 1.29 is 22.7 Å². The highest BCUT2D eigenvalue weighted by atomic mass is 19.4. The molecule has 1 aliphatic rings. The lowest BCUT2D eigenvalue weighted by atomic mass is 10.1. The van der Waals surface area contributed by atoms with Crippen LogP contribution in [0.2, 0.25) is 0 Å². The van der Waals surface area contributed by atoms with Crippen LogP contribution < -0.4 is 10.1 Å². The van der Waals surface area contributed by atoms with Gasteiger partial charge in [0.2, 0.25) is 5.88 Å². The van der Waals surface area contributed by atoms with Gasteiger partial charge in [-0.3, -0.25) is 14.5 Å². The topological polar surface area (TPSA) is 81.9 Å². The van der Waals surface area contributed by atoms with Gasteiger partial charge in [0.05, 0.1) is 24.0 Å². The largest absolute Gasteiger partial charge is 0.478 e. The molecule has 0 unspecified atom stereocenters. The quantitative estimate of drug-likeness (QED) is 0.686. The highest BCUT2D eigenvalue weighted by molar-refractivity contribution is 5.94. The van der Waals surface area contributed by atoms with Gasteiger partial charge in [-0.2, -0.15) is 18.3 Å². The number of hydrogen-bond donors (Lipinski definition) is 1. The molecular weight excluding hydrogens is 399 g/mol. The number of aromatic nitrogens is 4. The number of carbonyl (C=O) groups is 1. The molecule has 0 spiro atoms. The van der Waals surface area contributed by atoms with E-state index in [2.05, 4.69) is 20.4 Å². The first kappa shape index (κ1) is 19.9. The van der Waals surface area contributed by atoms with E-state index >= 15 is 0 Å². The minimum absolute atomic E-state index is 0.289. The van der Waals surface area contributed by atoms with E-state index in [4.69, 9.17) is 4.74 Å². The smallest absolute Gasteiger partial charge is 0.433 e. The molecule has 3 aromatic rings. The molecule has 4 rings (SSSR count). The number of fused-ring (bicyclic) bond motifs is 1. The Morgan fingerprint density at radius 2 is 2.03 bits per heavy atom. The zero-order chi connectivity index (χ0) is 21.3. The van der Waals surface area contributed by atoms with Crippen molar-refractivity contribution >= 4 is 5.91 Å². The summed E-state index contributed by atoms with van der Waals surface area (Å²) in [4.78, 5) is 20.1. The maximum Gasteiger partial charge on any atom is 0.433 e. The second kappa shape index (κ2) is 7.77. The van der Waals surface area contributed by atoms with E-state index in [-0.39, 0.29) is 11.9 Å². The molecule has 7 nitrogen and oxygen atoms in total. The summed E-state index contributed by atoms with van der Waals surface area (Å²) in [7, 11) is 0. The van der Waals surface area contributed by atoms with Crippen LogP contribution >= 0.6 is 0 Å². The average Bonchev–Trinajstić information content (AvgIpc) is 3.30. The Balaban J connectivity index is 1.54. The van der Waals surface area contributed by atoms with Crippen LogP contribution in [0.4, 0.5) is 13.2 Å². The summed E-state index contributed by atoms with van der Waals surface area (Å²) < 4.78 is 45.8. The van der Waals surface area contributed by atoms with Crippen molar-refractivity contribution in [2.45, 2.75) is 32.1 Å². The zero-order valence-corrected chi connectivity index (χ0v) is 16.0. The molecule has 10 heteroatoms. The molecule has 1 aliphatic heterocycles. The van der Waals surface area contributed by atoms with Crippen molar-refractivity contribution in [3.05, 3.63) is 59.7 Å². The molecule has 0 saturated heterocycles. The lowest BCUT2D eigenvalue weighted by molar-refractivity contribution is -0.141. The number of ether oxygens (including phenoxy) is 1. The number of nitrogens with zero attached hydrogens (tertiary/aromatic N) is 4. The van der Waals surface area contributed by atoms with Crippen LogP contribution in [0, 0.1) is 0 Å². The van der Waals surface area contributed by atoms with Crippen molar-refractivity contribution in [3.8, 4) is 17.1 Å². The van der Waals surface area contributed by atoms with Gasteiger partial charge in [-0.15, -0.1) is 0 Å². The molecule has 1 amide bonds. The van der Waals surface area contributed by atoms with Crippen LogP contribution in [-0.2, 0) is 12.7 Å². The number of alkyl halides is 3. The molecule has 156 valence electrons. The molecule has 0 bridgehead atoms. The fraction of sp³-hybridized carbons (Fsp3) is 0.300. The number of carbonyl (C=O) groups excluding carboxylic acids is 1. The highest BCUT2D eigenvalue weighted by Gasteiger charge is 2.33. The number of aryl methyl sites for hydroxylation is 1. The third-order valence-electron chi connectivity index (χ3n) is 4.74. The van der Waals surface area contributed by atoms with Crippen molar-refractivity contribution in [2.75, 3.05) is 6.61 Å². The standard InChI is InChI=1S/C20H18F3N5O2/c1-2-30-18-10-13(4-7-25-18)19(29)26-14-5-8-28-16(14)11-15(27-28)12-3-6-24-17(9-12)20(21,22)23/h3-4,6-7,9-11,14H,2,5,8H2,1H3,(H,26,29)/t14-/m0/s1. The second-order valence-electron chi connectivity index (χ2n) is 6.74. The molecule has 0 radical (unpaired) electrons. The maximum absolute atomic E-state index is 12.9. The van der Waals surface area contributed by atoms with Gasteiger partial charge < -0.3 is 10.1 Å². The Morgan fingerprint density at radius 3 is 2.80 bits per heavy atom. The summed E-state index contributed by atoms with van der Waals surface area (Å²) in [5.74, 6) is 0.0740. The van der Waals surface area contributed by atoms with E-state index in [1.54, 1.807) is 22.9 Å². The molecule has 30 heavy (non-hydrogen) atoms. The van der Waals surface area contributed by atoms with E-state index in [1.165, 1.54) is 12.3 Å². The van der Waals surface area contributed by atoms with Crippen molar-refractivity contribution in [1.29, 1.82) is 0 Å². The monoisotopic (exact) mass is 417 g/mol. The Hall–Kier alpha value is -3.43. The summed E-state index contributed by atoms with van der Waals surface area (Å²) in [5.41, 5.74) is 0.901. The molecule has 0 saturated carbocycles. The number of halogens is 3. The Kier molecular flexibility index (Phi) is 5.15. The van der Waals surface area contributed by atoms with Gasteiger partial charge in [0.25, 0.3) is 5.91 Å². The third-order valence-corrected chi connectivity index (χ3v) is 4.74. The lowest BCUT2D eigenvalue weighted by Crippen LogP contribution is -2.27. The molecule has 3 aromatic heterocycles. The Morgan fingerprint density at radius 1 is 1.23 bits per heavy atom. The first-order chi connectivity index (χ1) is 14.3. The second-order valence-corrected chi connectivity index (χ2v) is 6.74. The number of hydrogen-bond acceptors (Lipinski definition) is 5. The fourth-order valence-corrected chi connectivity index (χ4v) is 3.34. The van der Waals surface area contributed by atoms with Gasteiger partial charge >= 0.3 is 6.18 Å². The third kappa shape index (κ3) is 3.98. The van der Waals surface area contributed by atoms with Crippen molar-refractivity contribution in [1.82, 2.24) is 25.1 Å². The minimum atomic E-state index is -4.53. The fourth-order valence-electron chi connectivity index (χ4n) is 3.34. The van der Waals surface area contributed by atoms with Crippen LogP contribution in [0.15, 0.2) is 42.7 Å². The van der Waals surface area contributed by atoms with Gasteiger partial charge in [0.15, 0.2) is 0 Å². The summed E-state index contributed by atoms with van der Waals surface area (Å²) in [6.45, 7) is 2.82. The van der Waals surface area contributed by atoms with Gasteiger partial charge in [0, 0.05) is 36.1 Å². The van der Waals surface area contributed by atoms with Gasteiger partial charge in [-0.05, 0) is 37.6 Å². The molecule has 1 N–H and O–H groups in total. The Labute approximate surface area is 169 Å². The van der Waals surface area contributed by atoms with Crippen LogP contribution in [0.3, 0.4) is 0 Å². The summed E-state index contributed by atoms with van der Waals surface area (Å²) >= 11 is 0. The number of nitrogens with one attached hydrogen (secondary N) is 1. The predicted octanol–water partition coefficient (Wildman–Crippen LogP) is 3.63. The molecule has 0 fully saturated rings. The van der Waals surface area contributed by atoms with Crippen LogP contribution in [0.5, 0.6) is 5.88 Å². The van der Waals surface area contributed by atoms with E-state index in [0.717, 1.165) is 18.0 Å². The minimum Gasteiger partial charge on any atom is -0.478 e. The molecule has 0 aromatic carbocycles. The van der Waals surface area contributed by atoms with E-state index in [1.807, 2.05) is 6.92 Å². The average molecular weight is 417 g/mol. The number of rotatable bonds is 5. The summed E-state index contributed by atoms with van der Waals surface area (Å²) in [6, 6.07) is 7.00. The maximum atomic E-state index is 12.9. The predicted molar refractivity (Wildman–Crippen MR) is 101 cm³/mol. The van der Waals surface area contributed by atoms with Crippen molar-refractivity contribution in [2.24, 2.45) is 0 Å². The molecule has 4 heterocycles. The van der Waals surface area contributed by atoms with Gasteiger partial charge in [-0.25, -0.2) is 4.98 Å². The van der Waals surface area contributed by atoms with E-state index in [9.17, 15) is 18.0 Å². The lowest BCUT2D eigenvalue weighted by Gasteiger charge is -2.12. The summed E-state index contributed by atoms with van der Waals surface area (Å²) in [5, 5.41) is 7.34. The van der Waals surface area contributed by atoms with Gasteiger partial charge in [-0.1, -0.05) is 0 Å². The first-order valence-corrected chi connectivity index (χ1v) is 9.36. The first-order valence-electron chi connectivity index (χ1n) is 9.36. The van der Waals surface area contributed by atoms with E-state index < -0.39 is 11.9 Å². The molecule has 1 atom stereocenters. The summed E-state index contributed by atoms with van der Waals surface area (Å²) in [6.07, 6.45) is -1.28. The highest BCUT2D eigenvalue weighted by Crippen LogP contribution is 2.33. The zero-order valence-electron chi connectivity index (χ0n) is 16.0. The molecule has 0 aliphatic carbocycles. The Bertz CT molecular complexity index is 1080. The van der Waals surface area contributed by atoms with Crippen LogP contribution in [0.1, 0.15) is 41.1 Å². The van der Waals surface area contributed by atoms with Gasteiger partial charge in [0.1, 0.15) is 5.69 Å². The number of amides is 1. The SMILES string of the molecule is CCOc1cc(C(=O)N[C@H]2CCn3nc(-c4ccnc(C(F)(F)F)c4)cc32)ccn1. The van der Waals surface area contributed by atoms with Crippen molar-refractivity contribution in [3.63, 3.8) is 0 Å². The normalized spacial score (nSPS) is 15.7. The van der Waals surface area contributed by atoms with E-state index in [0.29, 0.717) is 42.3 Å². The molecular formula is C20H18F3N5O2.